The highest BCUT2D eigenvalue weighted by Gasteiger charge is 2.23. The van der Waals surface area contributed by atoms with Gasteiger partial charge in [-0.25, -0.2) is 19.3 Å². The maximum atomic E-state index is 13.3. The van der Waals surface area contributed by atoms with Gasteiger partial charge >= 0.3 is 0 Å². The Morgan fingerprint density at radius 3 is 2.96 bits per heavy atom. The van der Waals surface area contributed by atoms with Gasteiger partial charge in [0.15, 0.2) is 10.8 Å². The van der Waals surface area contributed by atoms with E-state index >= 15 is 0 Å². The molecule has 3 aromatic heterocycles. The Bertz CT molecular complexity index is 1140. The Labute approximate surface area is 165 Å². The molecule has 1 saturated carbocycles. The first-order chi connectivity index (χ1) is 13.7. The number of aromatic nitrogens is 4. The lowest BCUT2D eigenvalue weighted by Gasteiger charge is -2.27. The van der Waals surface area contributed by atoms with E-state index in [9.17, 15) is 9.50 Å². The van der Waals surface area contributed by atoms with Crippen LogP contribution in [0.1, 0.15) is 31.2 Å². The molecule has 0 saturated heterocycles. The Hall–Kier alpha value is -2.58. The highest BCUT2D eigenvalue weighted by molar-refractivity contribution is 7.22. The molecular weight excluding hydrogens is 377 g/mol. The number of nitrogens with one attached hydrogen (secondary N) is 1. The van der Waals surface area contributed by atoms with Crippen LogP contribution in [0, 0.1) is 5.82 Å². The zero-order valence-electron chi connectivity index (χ0n) is 15.2. The summed E-state index contributed by atoms with van der Waals surface area (Å²) in [5.74, 6) is -0.382. The summed E-state index contributed by atoms with van der Waals surface area (Å²) in [6.45, 7) is 0.604. The van der Waals surface area contributed by atoms with Crippen molar-refractivity contribution in [3.8, 4) is 0 Å². The number of fused-ring (bicyclic) bond motifs is 2. The van der Waals surface area contributed by atoms with Gasteiger partial charge in [0.1, 0.15) is 11.3 Å². The number of thiazole rings is 1. The van der Waals surface area contributed by atoms with Crippen LogP contribution in [0.3, 0.4) is 0 Å². The molecule has 144 valence electrons. The van der Waals surface area contributed by atoms with E-state index in [0.29, 0.717) is 17.7 Å². The molecule has 3 heterocycles. The summed E-state index contributed by atoms with van der Waals surface area (Å²) in [5.41, 5.74) is 3.26. The van der Waals surface area contributed by atoms with Gasteiger partial charge in [0.2, 0.25) is 0 Å². The fourth-order valence-electron chi connectivity index (χ4n) is 3.80. The van der Waals surface area contributed by atoms with Gasteiger partial charge in [-0.1, -0.05) is 30.2 Å². The molecule has 0 aliphatic heterocycles. The molecule has 0 radical (unpaired) electrons. The van der Waals surface area contributed by atoms with Crippen molar-refractivity contribution in [2.24, 2.45) is 0 Å². The van der Waals surface area contributed by atoms with E-state index in [1.165, 1.54) is 12.3 Å². The summed E-state index contributed by atoms with van der Waals surface area (Å²) >= 11 is 1.60. The second kappa shape index (κ2) is 7.10. The molecule has 2 N–H and O–H groups in total. The smallest absolute Gasteiger partial charge is 0.184 e. The van der Waals surface area contributed by atoms with Crippen molar-refractivity contribution in [3.63, 3.8) is 0 Å². The van der Waals surface area contributed by atoms with Crippen molar-refractivity contribution < 1.29 is 9.50 Å². The van der Waals surface area contributed by atoms with Gasteiger partial charge in [-0.05, 0) is 30.5 Å². The van der Waals surface area contributed by atoms with Crippen molar-refractivity contribution in [3.05, 3.63) is 48.2 Å². The quantitative estimate of drug-likeness (QED) is 0.545. The average molecular weight is 397 g/mol. The topological polar surface area (TPSA) is 75.9 Å². The van der Waals surface area contributed by atoms with Gasteiger partial charge < -0.3 is 15.0 Å². The van der Waals surface area contributed by atoms with Gasteiger partial charge in [-0.3, -0.25) is 0 Å². The number of nitrogens with zero attached hydrogens (tertiary/aromatic N) is 4. The predicted octanol–water partition coefficient (Wildman–Crippen LogP) is 3.94. The van der Waals surface area contributed by atoms with Gasteiger partial charge in [-0.2, -0.15) is 0 Å². The van der Waals surface area contributed by atoms with Crippen LogP contribution in [0.5, 0.6) is 0 Å². The summed E-state index contributed by atoms with van der Waals surface area (Å²) in [6, 6.07) is 7.64. The number of anilines is 1. The van der Waals surface area contributed by atoms with E-state index in [1.54, 1.807) is 17.7 Å². The number of hydrogen-bond acceptors (Lipinski definition) is 6. The van der Waals surface area contributed by atoms with Crippen LogP contribution < -0.4 is 5.32 Å². The fourth-order valence-corrected chi connectivity index (χ4v) is 4.80. The van der Waals surface area contributed by atoms with Crippen LogP contribution in [0.15, 0.2) is 36.8 Å². The lowest BCUT2D eigenvalue weighted by molar-refractivity contribution is 0.116. The molecule has 5 rings (SSSR count). The van der Waals surface area contributed by atoms with E-state index in [4.69, 9.17) is 0 Å². The first kappa shape index (κ1) is 17.5. The summed E-state index contributed by atoms with van der Waals surface area (Å²) in [5, 5.41) is 14.4. The summed E-state index contributed by atoms with van der Waals surface area (Å²) in [4.78, 5) is 13.1. The van der Waals surface area contributed by atoms with Gasteiger partial charge in [-0.15, -0.1) is 0 Å². The molecule has 1 fully saturated rings. The summed E-state index contributed by atoms with van der Waals surface area (Å²) in [6.07, 6.45) is 6.65. The van der Waals surface area contributed by atoms with E-state index < -0.39 is 0 Å². The molecule has 1 aliphatic carbocycles. The molecule has 0 spiro atoms. The van der Waals surface area contributed by atoms with Crippen molar-refractivity contribution in [1.82, 2.24) is 19.5 Å². The van der Waals surface area contributed by atoms with Crippen LogP contribution in [0.2, 0.25) is 0 Å². The monoisotopic (exact) mass is 397 g/mol. The van der Waals surface area contributed by atoms with Gasteiger partial charge in [0.25, 0.3) is 0 Å². The molecule has 28 heavy (non-hydrogen) atoms. The number of pyridine rings is 1. The van der Waals surface area contributed by atoms with Crippen molar-refractivity contribution >= 4 is 37.8 Å². The zero-order valence-corrected chi connectivity index (χ0v) is 16.0. The number of benzene rings is 1. The Morgan fingerprint density at radius 2 is 2.07 bits per heavy atom. The molecule has 0 amide bonds. The molecule has 0 bridgehead atoms. The minimum Gasteiger partial charge on any atom is -0.391 e. The average Bonchev–Trinajstić information content (AvgIpc) is 3.26. The lowest BCUT2D eigenvalue weighted by Crippen LogP contribution is -2.36. The Morgan fingerprint density at radius 1 is 1.18 bits per heavy atom. The van der Waals surface area contributed by atoms with Gasteiger partial charge in [0.05, 0.1) is 41.4 Å². The van der Waals surface area contributed by atoms with E-state index in [1.807, 2.05) is 16.7 Å². The second-order valence-corrected chi connectivity index (χ2v) is 8.32. The number of halogens is 1. The Balaban J connectivity index is 1.38. The Kier molecular flexibility index (Phi) is 4.44. The van der Waals surface area contributed by atoms with E-state index in [-0.39, 0.29) is 18.0 Å². The minimum absolute atomic E-state index is 0.0811. The first-order valence-electron chi connectivity index (χ1n) is 9.46. The number of hydrogen-bond donors (Lipinski definition) is 2. The third-order valence-electron chi connectivity index (χ3n) is 5.27. The van der Waals surface area contributed by atoms with E-state index in [2.05, 4.69) is 26.3 Å². The third-order valence-corrected chi connectivity index (χ3v) is 6.22. The van der Waals surface area contributed by atoms with Crippen molar-refractivity contribution in [2.45, 2.75) is 44.4 Å². The van der Waals surface area contributed by atoms with Crippen LogP contribution in [0.4, 0.5) is 9.52 Å². The summed E-state index contributed by atoms with van der Waals surface area (Å²) < 4.78 is 16.3. The number of rotatable bonds is 4. The van der Waals surface area contributed by atoms with E-state index in [0.717, 1.165) is 46.6 Å². The third kappa shape index (κ3) is 3.33. The van der Waals surface area contributed by atoms with Crippen LogP contribution in [0.25, 0.3) is 21.4 Å². The maximum absolute atomic E-state index is 13.3. The van der Waals surface area contributed by atoms with Crippen molar-refractivity contribution in [1.29, 1.82) is 0 Å². The summed E-state index contributed by atoms with van der Waals surface area (Å²) in [7, 11) is 0. The number of aliphatic hydroxyl groups is 1. The van der Waals surface area contributed by atoms with Crippen molar-refractivity contribution in [2.75, 3.05) is 5.32 Å². The first-order valence-corrected chi connectivity index (χ1v) is 10.3. The van der Waals surface area contributed by atoms with Gasteiger partial charge in [0, 0.05) is 6.07 Å². The highest BCUT2D eigenvalue weighted by Crippen LogP contribution is 2.30. The normalized spacial score (nSPS) is 20.1. The minimum atomic E-state index is -0.382. The highest BCUT2D eigenvalue weighted by atomic mass is 32.1. The number of aliphatic hydroxyl groups excluding tert-OH is 1. The van der Waals surface area contributed by atoms with Crippen LogP contribution in [-0.4, -0.2) is 36.8 Å². The fraction of sp³-hybridized carbons (Fsp3) is 0.350. The standard InChI is InChI=1S/C20H20FN5OS/c21-13-8-16-19(22-9-13)26(11-23-16)10-12-5-6-15-18(7-12)28-20(25-15)24-14-3-1-2-4-17(14)27/h5-9,11,14,17,27H,1-4,10H2,(H,24,25)/t14-,17-/m1/s1. The molecular formula is C20H20FN5OS. The molecule has 4 aromatic rings. The SMILES string of the molecule is O[C@@H]1CCCC[C@H]1Nc1nc2ccc(Cn3cnc4cc(F)cnc43)cc2s1. The lowest BCUT2D eigenvalue weighted by atomic mass is 9.93. The molecule has 1 aromatic carbocycles. The maximum Gasteiger partial charge on any atom is 0.184 e. The molecule has 2 atom stereocenters. The largest absolute Gasteiger partial charge is 0.391 e. The molecule has 0 unspecified atom stereocenters. The zero-order chi connectivity index (χ0) is 19.1. The number of imidazole rings is 1. The molecule has 1 aliphatic rings. The van der Waals surface area contributed by atoms with Crippen LogP contribution in [-0.2, 0) is 6.54 Å². The molecule has 8 heteroatoms. The molecule has 6 nitrogen and oxygen atoms in total. The van der Waals surface area contributed by atoms with Crippen LogP contribution >= 0.6 is 11.3 Å². The predicted molar refractivity (Wildman–Crippen MR) is 108 cm³/mol. The second-order valence-electron chi connectivity index (χ2n) is 7.29.